The zero-order chi connectivity index (χ0) is 18.5. The molecule has 0 fully saturated rings. The maximum absolute atomic E-state index is 12.4. The minimum absolute atomic E-state index is 0.00627. The summed E-state index contributed by atoms with van der Waals surface area (Å²) < 4.78 is 3.70. The lowest BCUT2D eigenvalue weighted by Crippen LogP contribution is -2.27. The zero-order valence-electron chi connectivity index (χ0n) is 15.5. The van der Waals surface area contributed by atoms with Gasteiger partial charge in [-0.05, 0) is 18.2 Å². The molecule has 6 nitrogen and oxygen atoms in total. The fraction of sp³-hybridized carbons (Fsp3) is 0.350. The Morgan fingerprint density at radius 2 is 1.88 bits per heavy atom. The van der Waals surface area contributed by atoms with Crippen LogP contribution in [0.5, 0.6) is 0 Å². The van der Waals surface area contributed by atoms with E-state index < -0.39 is 0 Å². The van der Waals surface area contributed by atoms with Crippen LogP contribution in [0.2, 0.25) is 0 Å². The van der Waals surface area contributed by atoms with Crippen LogP contribution in [0, 0.1) is 0 Å². The Labute approximate surface area is 152 Å². The van der Waals surface area contributed by atoms with E-state index in [2.05, 4.69) is 31.2 Å². The minimum atomic E-state index is -0.122. The Bertz CT molecular complexity index is 962. The van der Waals surface area contributed by atoms with Gasteiger partial charge >= 0.3 is 0 Å². The molecule has 1 aliphatic rings. The van der Waals surface area contributed by atoms with E-state index in [9.17, 15) is 4.79 Å². The van der Waals surface area contributed by atoms with Gasteiger partial charge in [0.1, 0.15) is 5.82 Å². The minimum Gasteiger partial charge on any atom is -0.311 e. The molecular weight excluding hydrogens is 326 g/mol. The molecule has 0 unspecified atom stereocenters. The first-order valence-electron chi connectivity index (χ1n) is 8.83. The Hall–Kier alpha value is -2.89. The Balaban J connectivity index is 1.91. The third kappa shape index (κ3) is 2.62. The van der Waals surface area contributed by atoms with Crippen molar-refractivity contribution in [1.29, 1.82) is 0 Å². The second-order valence-electron chi connectivity index (χ2n) is 7.79. The van der Waals surface area contributed by atoms with Crippen LogP contribution in [-0.2, 0) is 17.3 Å². The van der Waals surface area contributed by atoms with Crippen molar-refractivity contribution >= 4 is 11.7 Å². The van der Waals surface area contributed by atoms with E-state index >= 15 is 0 Å². The standard InChI is InChI=1S/C20H23N5O/c1-20(2,3)18-17-14(12-16(26)22-19(17)24(4)23-18)15-10-11-21-25(15)13-8-6-5-7-9-13/h5-11,14H,12H2,1-4H3,(H,22,26)/t14-/m1/s1. The van der Waals surface area contributed by atoms with Gasteiger partial charge in [-0.3, -0.25) is 9.48 Å². The van der Waals surface area contributed by atoms with Gasteiger partial charge in [-0.2, -0.15) is 10.2 Å². The van der Waals surface area contributed by atoms with Crippen LogP contribution in [-0.4, -0.2) is 25.5 Å². The fourth-order valence-electron chi connectivity index (χ4n) is 3.66. The highest BCUT2D eigenvalue weighted by Gasteiger charge is 2.37. The lowest BCUT2D eigenvalue weighted by molar-refractivity contribution is -0.116. The number of hydrogen-bond acceptors (Lipinski definition) is 3. The number of anilines is 1. The topological polar surface area (TPSA) is 64.7 Å². The number of aromatic nitrogens is 4. The zero-order valence-corrected chi connectivity index (χ0v) is 15.5. The van der Waals surface area contributed by atoms with Gasteiger partial charge in [0.15, 0.2) is 0 Å². The highest BCUT2D eigenvalue weighted by atomic mass is 16.1. The van der Waals surface area contributed by atoms with Gasteiger partial charge in [-0.1, -0.05) is 39.0 Å². The number of nitrogens with one attached hydrogen (secondary N) is 1. The van der Waals surface area contributed by atoms with Gasteiger partial charge in [0.25, 0.3) is 0 Å². The molecule has 2 aromatic heterocycles. The summed E-state index contributed by atoms with van der Waals surface area (Å²) in [5.74, 6) is 0.716. The molecule has 1 aliphatic heterocycles. The molecule has 0 radical (unpaired) electrons. The predicted octanol–water partition coefficient (Wildman–Crippen LogP) is 3.38. The Morgan fingerprint density at radius 3 is 2.58 bits per heavy atom. The molecule has 1 atom stereocenters. The van der Waals surface area contributed by atoms with Crippen molar-refractivity contribution in [3.63, 3.8) is 0 Å². The molecule has 4 rings (SSSR count). The summed E-state index contributed by atoms with van der Waals surface area (Å²) in [5.41, 5.74) is 3.98. The summed E-state index contributed by atoms with van der Waals surface area (Å²) in [4.78, 5) is 12.4. The Kier molecular flexibility index (Phi) is 3.72. The maximum atomic E-state index is 12.4. The highest BCUT2D eigenvalue weighted by Crippen LogP contribution is 2.42. The molecule has 1 N–H and O–H groups in total. The second kappa shape index (κ2) is 5.83. The first kappa shape index (κ1) is 16.6. The molecule has 6 heteroatoms. The highest BCUT2D eigenvalue weighted by molar-refractivity contribution is 5.94. The summed E-state index contributed by atoms with van der Waals surface area (Å²) in [6, 6.07) is 12.0. The summed E-state index contributed by atoms with van der Waals surface area (Å²) in [5, 5.41) is 12.3. The first-order valence-corrected chi connectivity index (χ1v) is 8.83. The summed E-state index contributed by atoms with van der Waals surface area (Å²) in [7, 11) is 1.88. The van der Waals surface area contributed by atoms with Crippen molar-refractivity contribution in [2.45, 2.75) is 38.5 Å². The molecule has 3 aromatic rings. The molecule has 134 valence electrons. The van der Waals surface area contributed by atoms with Crippen LogP contribution in [0.4, 0.5) is 5.82 Å². The number of fused-ring (bicyclic) bond motifs is 1. The van der Waals surface area contributed by atoms with E-state index in [-0.39, 0.29) is 17.2 Å². The molecule has 0 spiro atoms. The van der Waals surface area contributed by atoms with Gasteiger partial charge in [0.05, 0.1) is 17.1 Å². The average Bonchev–Trinajstić information content (AvgIpc) is 3.20. The smallest absolute Gasteiger partial charge is 0.226 e. The number of rotatable bonds is 2. The van der Waals surface area contributed by atoms with E-state index in [1.807, 2.05) is 48.1 Å². The van der Waals surface area contributed by atoms with Gasteiger partial charge in [-0.15, -0.1) is 0 Å². The van der Waals surface area contributed by atoms with Crippen LogP contribution in [0.1, 0.15) is 50.1 Å². The average molecular weight is 349 g/mol. The van der Waals surface area contributed by atoms with Gasteiger partial charge in [0.2, 0.25) is 5.91 Å². The van der Waals surface area contributed by atoms with Crippen LogP contribution in [0.3, 0.4) is 0 Å². The second-order valence-corrected chi connectivity index (χ2v) is 7.79. The molecule has 0 saturated heterocycles. The van der Waals surface area contributed by atoms with Crippen molar-refractivity contribution in [3.8, 4) is 5.69 Å². The summed E-state index contributed by atoms with van der Waals surface area (Å²) in [6.45, 7) is 6.45. The van der Waals surface area contributed by atoms with Crippen molar-refractivity contribution in [2.75, 3.05) is 5.32 Å². The molecule has 1 amide bonds. The molecule has 3 heterocycles. The molecule has 1 aromatic carbocycles. The molecule has 26 heavy (non-hydrogen) atoms. The quantitative estimate of drug-likeness (QED) is 0.771. The third-order valence-electron chi connectivity index (χ3n) is 4.82. The first-order chi connectivity index (χ1) is 12.4. The van der Waals surface area contributed by atoms with Gasteiger partial charge in [0, 0.05) is 36.6 Å². The molecule has 0 bridgehead atoms. The van der Waals surface area contributed by atoms with Gasteiger partial charge < -0.3 is 5.32 Å². The molecule has 0 aliphatic carbocycles. The number of benzene rings is 1. The van der Waals surface area contributed by atoms with Crippen molar-refractivity contribution < 1.29 is 4.79 Å². The predicted molar refractivity (Wildman–Crippen MR) is 101 cm³/mol. The third-order valence-corrected chi connectivity index (χ3v) is 4.82. The van der Waals surface area contributed by atoms with E-state index in [0.717, 1.165) is 28.5 Å². The molecular formula is C20H23N5O. The summed E-state index contributed by atoms with van der Waals surface area (Å²) >= 11 is 0. The molecule has 0 saturated carbocycles. The monoisotopic (exact) mass is 349 g/mol. The SMILES string of the molecule is Cn1nc(C(C)(C)C)c2c1NC(=O)C[C@@H]2c1ccnn1-c1ccccc1. The number of para-hydroxylation sites is 1. The van der Waals surface area contributed by atoms with E-state index in [1.165, 1.54) is 0 Å². The van der Waals surface area contributed by atoms with Crippen LogP contribution in [0.25, 0.3) is 5.69 Å². The lowest BCUT2D eigenvalue weighted by Gasteiger charge is -2.27. The number of amides is 1. The largest absolute Gasteiger partial charge is 0.311 e. The van der Waals surface area contributed by atoms with Crippen LogP contribution in [0.15, 0.2) is 42.6 Å². The van der Waals surface area contributed by atoms with Gasteiger partial charge in [-0.25, -0.2) is 4.68 Å². The summed E-state index contributed by atoms with van der Waals surface area (Å²) in [6.07, 6.45) is 2.18. The number of aryl methyl sites for hydroxylation is 1. The number of carbonyl (C=O) groups is 1. The number of hydrogen-bond donors (Lipinski definition) is 1. The fourth-order valence-corrected chi connectivity index (χ4v) is 3.66. The van der Waals surface area contributed by atoms with E-state index in [4.69, 9.17) is 5.10 Å². The number of carbonyl (C=O) groups excluding carboxylic acids is 1. The van der Waals surface area contributed by atoms with E-state index in [1.54, 1.807) is 10.9 Å². The lowest BCUT2D eigenvalue weighted by atomic mass is 9.81. The van der Waals surface area contributed by atoms with Crippen molar-refractivity contribution in [2.24, 2.45) is 7.05 Å². The Morgan fingerprint density at radius 1 is 1.15 bits per heavy atom. The van der Waals surface area contributed by atoms with Crippen LogP contribution < -0.4 is 5.32 Å². The van der Waals surface area contributed by atoms with Crippen molar-refractivity contribution in [1.82, 2.24) is 19.6 Å². The normalized spacial score (nSPS) is 17.1. The van der Waals surface area contributed by atoms with Crippen LogP contribution >= 0.6 is 0 Å². The maximum Gasteiger partial charge on any atom is 0.226 e. The van der Waals surface area contributed by atoms with Crippen molar-refractivity contribution in [3.05, 3.63) is 59.5 Å². The number of nitrogens with zero attached hydrogens (tertiary/aromatic N) is 4. The van der Waals surface area contributed by atoms with E-state index in [0.29, 0.717) is 6.42 Å².